The molecular weight excluding hydrogens is 578 g/mol. The minimum absolute atomic E-state index is 0.119. The highest BCUT2D eigenvalue weighted by atomic mass is 127. The molecule has 5 nitrogen and oxygen atoms in total. The lowest BCUT2D eigenvalue weighted by Crippen LogP contribution is -2.19. The van der Waals surface area contributed by atoms with Crippen LogP contribution in [0, 0.1) is 7.14 Å². The first-order valence-corrected chi connectivity index (χ1v) is 10.9. The van der Waals surface area contributed by atoms with Crippen molar-refractivity contribution >= 4 is 79.1 Å². The largest absolute Gasteiger partial charge is 0.340 e. The zero-order valence-electron chi connectivity index (χ0n) is 14.8. The minimum Gasteiger partial charge on any atom is -0.340 e. The molecule has 0 aliphatic rings. The average molecular weight is 594 g/mol. The molecule has 0 saturated heterocycles. The second kappa shape index (κ2) is 8.56. The van der Waals surface area contributed by atoms with Gasteiger partial charge in [-0.2, -0.15) is 5.10 Å². The summed E-state index contributed by atoms with van der Waals surface area (Å²) in [5.74, 6) is -0.119. The van der Waals surface area contributed by atoms with Crippen LogP contribution in [0.2, 0.25) is 0 Å². The maximum absolute atomic E-state index is 12.3. The third-order valence-corrected chi connectivity index (χ3v) is 5.78. The number of halogens is 2. The van der Waals surface area contributed by atoms with Crippen molar-refractivity contribution in [3.05, 3.63) is 73.6 Å². The highest BCUT2D eigenvalue weighted by molar-refractivity contribution is 14.1. The van der Waals surface area contributed by atoms with Gasteiger partial charge in [0.15, 0.2) is 0 Å². The van der Waals surface area contributed by atoms with E-state index in [1.54, 1.807) is 18.6 Å². The van der Waals surface area contributed by atoms with Gasteiger partial charge in [0.05, 0.1) is 6.21 Å². The summed E-state index contributed by atoms with van der Waals surface area (Å²) >= 11 is 4.67. The van der Waals surface area contributed by atoms with E-state index in [9.17, 15) is 4.79 Å². The van der Waals surface area contributed by atoms with Crippen LogP contribution < -0.4 is 5.43 Å². The third-order valence-electron chi connectivity index (χ3n) is 4.44. The van der Waals surface area contributed by atoms with Crippen molar-refractivity contribution < 1.29 is 4.79 Å². The number of pyridine rings is 1. The fourth-order valence-electron chi connectivity index (χ4n) is 3.19. The monoisotopic (exact) mass is 594 g/mol. The van der Waals surface area contributed by atoms with Gasteiger partial charge < -0.3 is 4.57 Å². The zero-order valence-corrected chi connectivity index (χ0v) is 19.1. The van der Waals surface area contributed by atoms with Crippen molar-refractivity contribution in [3.8, 4) is 0 Å². The first-order chi connectivity index (χ1) is 13.6. The average Bonchev–Trinajstić information content (AvgIpc) is 2.99. The third kappa shape index (κ3) is 4.19. The zero-order chi connectivity index (χ0) is 19.5. The van der Waals surface area contributed by atoms with Gasteiger partial charge in [0.2, 0.25) is 5.91 Å². The Morgan fingerprint density at radius 3 is 2.36 bits per heavy atom. The summed E-state index contributed by atoms with van der Waals surface area (Å²) in [7, 11) is 0. The first-order valence-electron chi connectivity index (χ1n) is 8.71. The molecule has 1 N–H and O–H groups in total. The van der Waals surface area contributed by atoms with Crippen LogP contribution >= 0.6 is 45.2 Å². The number of nitrogens with one attached hydrogen (secondary N) is 1. The summed E-state index contributed by atoms with van der Waals surface area (Å²) in [6.07, 6.45) is 5.33. The number of hydrogen-bond acceptors (Lipinski definition) is 3. The number of benzene rings is 2. The van der Waals surface area contributed by atoms with Crippen molar-refractivity contribution in [1.82, 2.24) is 15.0 Å². The van der Waals surface area contributed by atoms with Gasteiger partial charge in [-0.15, -0.1) is 0 Å². The highest BCUT2D eigenvalue weighted by Crippen LogP contribution is 2.31. The van der Waals surface area contributed by atoms with Crippen molar-refractivity contribution in [3.63, 3.8) is 0 Å². The molecule has 4 aromatic rings. The Bertz CT molecular complexity index is 1130. The summed E-state index contributed by atoms with van der Waals surface area (Å²) in [6.45, 7) is 0.593. The Morgan fingerprint density at radius 2 is 1.75 bits per heavy atom. The van der Waals surface area contributed by atoms with Crippen LogP contribution in [-0.4, -0.2) is 21.7 Å². The molecule has 0 spiro atoms. The van der Waals surface area contributed by atoms with Gasteiger partial charge in [-0.25, -0.2) is 5.43 Å². The normalized spacial score (nSPS) is 11.5. The lowest BCUT2D eigenvalue weighted by Gasteiger charge is -2.07. The van der Waals surface area contributed by atoms with E-state index in [0.29, 0.717) is 13.0 Å². The predicted octanol–water partition coefficient (Wildman–Crippen LogP) is 4.94. The molecule has 2 aromatic heterocycles. The molecule has 0 bridgehead atoms. The Balaban J connectivity index is 1.54. The van der Waals surface area contributed by atoms with Gasteiger partial charge in [-0.1, -0.05) is 6.07 Å². The quantitative estimate of drug-likeness (QED) is 0.202. The second-order valence-corrected chi connectivity index (χ2v) is 8.80. The van der Waals surface area contributed by atoms with Crippen LogP contribution in [0.1, 0.15) is 12.0 Å². The number of fused-ring (bicyclic) bond motifs is 3. The lowest BCUT2D eigenvalue weighted by molar-refractivity contribution is -0.121. The van der Waals surface area contributed by atoms with E-state index in [1.807, 2.05) is 12.1 Å². The van der Waals surface area contributed by atoms with Gasteiger partial charge in [-0.3, -0.25) is 9.78 Å². The van der Waals surface area contributed by atoms with Gasteiger partial charge >= 0.3 is 0 Å². The SMILES string of the molecule is O=C(CCn1c2ccc(I)cc2c2cc(I)ccc21)NN=Cc1cccnc1. The Kier molecular flexibility index (Phi) is 5.90. The molecule has 4 rings (SSSR count). The Morgan fingerprint density at radius 1 is 1.07 bits per heavy atom. The summed E-state index contributed by atoms with van der Waals surface area (Å²) in [4.78, 5) is 16.3. The number of amides is 1. The highest BCUT2D eigenvalue weighted by Gasteiger charge is 2.12. The first kappa shape index (κ1) is 19.3. The second-order valence-electron chi connectivity index (χ2n) is 6.30. The van der Waals surface area contributed by atoms with Crippen LogP contribution in [-0.2, 0) is 11.3 Å². The minimum atomic E-state index is -0.119. The molecule has 140 valence electrons. The van der Waals surface area contributed by atoms with E-state index >= 15 is 0 Å². The van der Waals surface area contributed by atoms with E-state index in [4.69, 9.17) is 0 Å². The van der Waals surface area contributed by atoms with Gasteiger partial charge in [0, 0.05) is 59.9 Å². The number of carbonyl (C=O) groups is 1. The molecule has 2 heterocycles. The summed E-state index contributed by atoms with van der Waals surface area (Å²) in [5, 5.41) is 6.45. The molecule has 0 radical (unpaired) electrons. The van der Waals surface area contributed by atoms with Crippen molar-refractivity contribution in [1.29, 1.82) is 0 Å². The smallest absolute Gasteiger partial charge is 0.241 e. The van der Waals surface area contributed by atoms with Crippen molar-refractivity contribution in [2.45, 2.75) is 13.0 Å². The standard InChI is InChI=1S/C21H16I2N4O/c22-15-3-5-19-17(10-15)18-11-16(23)4-6-20(18)27(19)9-7-21(28)26-25-13-14-2-1-8-24-12-14/h1-6,8,10-13H,7,9H2,(H,26,28). The molecule has 2 aromatic carbocycles. The number of hydrazone groups is 1. The maximum Gasteiger partial charge on any atom is 0.241 e. The van der Waals surface area contributed by atoms with Gasteiger partial charge in [0.1, 0.15) is 0 Å². The maximum atomic E-state index is 12.3. The molecule has 0 aliphatic carbocycles. The summed E-state index contributed by atoms with van der Waals surface area (Å²) in [5.41, 5.74) is 5.72. The molecule has 0 unspecified atom stereocenters. The molecule has 0 atom stereocenters. The van der Waals surface area contributed by atoms with E-state index in [-0.39, 0.29) is 5.91 Å². The topological polar surface area (TPSA) is 59.3 Å². The number of rotatable bonds is 5. The number of nitrogens with zero attached hydrogens (tertiary/aromatic N) is 3. The van der Waals surface area contributed by atoms with E-state index in [0.717, 1.165) is 16.6 Å². The van der Waals surface area contributed by atoms with Crippen molar-refractivity contribution in [2.24, 2.45) is 5.10 Å². The summed E-state index contributed by atoms with van der Waals surface area (Å²) < 4.78 is 4.61. The van der Waals surface area contributed by atoms with Crippen LogP contribution in [0.5, 0.6) is 0 Å². The number of aryl methyl sites for hydroxylation is 1. The number of aromatic nitrogens is 2. The van der Waals surface area contributed by atoms with Crippen molar-refractivity contribution in [2.75, 3.05) is 0 Å². The predicted molar refractivity (Wildman–Crippen MR) is 129 cm³/mol. The molecular formula is C21H16I2N4O. The number of hydrogen-bond donors (Lipinski definition) is 1. The molecule has 0 fully saturated rings. The summed E-state index contributed by atoms with van der Waals surface area (Å²) in [6, 6.07) is 16.6. The van der Waals surface area contributed by atoms with Crippen LogP contribution in [0.3, 0.4) is 0 Å². The number of carbonyl (C=O) groups excluding carboxylic acids is 1. The molecule has 1 amide bonds. The lowest BCUT2D eigenvalue weighted by atomic mass is 10.2. The fourth-order valence-corrected chi connectivity index (χ4v) is 4.17. The fraction of sp³-hybridized carbons (Fsp3) is 0.0952. The van der Waals surface area contributed by atoms with Gasteiger partial charge in [0.25, 0.3) is 0 Å². The molecule has 7 heteroatoms. The van der Waals surface area contributed by atoms with E-state index in [2.05, 4.69) is 102 Å². The van der Waals surface area contributed by atoms with Crippen LogP contribution in [0.25, 0.3) is 21.8 Å². The Labute approximate surface area is 189 Å². The Hall–Kier alpha value is -2.01. The molecule has 0 saturated carbocycles. The van der Waals surface area contributed by atoms with E-state index in [1.165, 1.54) is 17.9 Å². The van der Waals surface area contributed by atoms with E-state index < -0.39 is 0 Å². The van der Waals surface area contributed by atoms with Gasteiger partial charge in [-0.05, 0) is 87.6 Å². The van der Waals surface area contributed by atoms with Crippen LogP contribution in [0.15, 0.2) is 66.0 Å². The van der Waals surface area contributed by atoms with Crippen LogP contribution in [0.4, 0.5) is 0 Å². The molecule has 28 heavy (non-hydrogen) atoms. The molecule has 0 aliphatic heterocycles.